The molecule has 2 aliphatic heterocycles. The second-order valence-corrected chi connectivity index (χ2v) is 14.1. The first-order chi connectivity index (χ1) is 17.8. The summed E-state index contributed by atoms with van der Waals surface area (Å²) in [4.78, 5) is 54.5. The maximum atomic E-state index is 14.0. The van der Waals surface area contributed by atoms with Gasteiger partial charge in [-0.25, -0.2) is 0 Å². The van der Waals surface area contributed by atoms with E-state index in [9.17, 15) is 24.4 Å². The largest absolute Gasteiger partial charge is 0.356 e. The van der Waals surface area contributed by atoms with Crippen LogP contribution < -0.4 is 16.0 Å². The average Bonchev–Trinajstić information content (AvgIpc) is 3.52. The first-order valence-corrected chi connectivity index (χ1v) is 14.4. The van der Waals surface area contributed by atoms with Crippen LogP contribution in [0.1, 0.15) is 73.1 Å². The van der Waals surface area contributed by atoms with Crippen LogP contribution >= 0.6 is 0 Å². The quantitative estimate of drug-likeness (QED) is 0.446. The SMILES string of the molecule is CC(C)(C)C(NC(=O)C1CC1C1CCC1)C(=O)N1CC2C(C1C(=O)NC(C#N)CC1CCNC1=O)C2(C)C. The van der Waals surface area contributed by atoms with Gasteiger partial charge >= 0.3 is 0 Å². The molecule has 0 bridgehead atoms. The molecule has 0 aromatic rings. The molecule has 0 aromatic carbocycles. The monoisotopic (exact) mass is 525 g/mol. The zero-order chi connectivity index (χ0) is 27.6. The molecule has 5 fully saturated rings. The molecule has 3 aliphatic carbocycles. The Morgan fingerprint density at radius 2 is 1.87 bits per heavy atom. The van der Waals surface area contributed by atoms with E-state index in [2.05, 4.69) is 35.9 Å². The Hall–Kier alpha value is -2.63. The smallest absolute Gasteiger partial charge is 0.246 e. The molecular formula is C29H43N5O4. The third-order valence-electron chi connectivity index (χ3n) is 10.2. The van der Waals surface area contributed by atoms with Crippen molar-refractivity contribution in [2.75, 3.05) is 13.1 Å². The maximum Gasteiger partial charge on any atom is 0.246 e. The number of nitriles is 1. The lowest BCUT2D eigenvalue weighted by Gasteiger charge is -2.38. The van der Waals surface area contributed by atoms with E-state index in [1.54, 1.807) is 4.90 Å². The molecule has 0 spiro atoms. The highest BCUT2D eigenvalue weighted by atomic mass is 16.2. The van der Waals surface area contributed by atoms with Crippen LogP contribution in [0.25, 0.3) is 0 Å². The molecular weight excluding hydrogens is 482 g/mol. The fraction of sp³-hybridized carbons (Fsp3) is 0.828. The lowest BCUT2D eigenvalue weighted by Crippen LogP contribution is -2.60. The summed E-state index contributed by atoms with van der Waals surface area (Å²) in [5.41, 5.74) is -0.599. The highest BCUT2D eigenvalue weighted by Gasteiger charge is 2.70. The Morgan fingerprint density at radius 3 is 2.42 bits per heavy atom. The normalized spacial score (nSPS) is 34.7. The molecule has 5 rings (SSSR count). The number of hydrogen-bond donors (Lipinski definition) is 3. The Kier molecular flexibility index (Phi) is 6.76. The summed E-state index contributed by atoms with van der Waals surface area (Å²) in [5.74, 6) is 0.313. The van der Waals surface area contributed by atoms with Gasteiger partial charge in [0.25, 0.3) is 0 Å². The molecule has 2 saturated heterocycles. The lowest BCUT2D eigenvalue weighted by atomic mass is 9.80. The standard InChI is InChI=1S/C29H43N5O4/c1-28(2,3)23(33-25(36)19-12-18(19)15-7-6-8-15)27(38)34-14-20-21(29(20,4)5)22(34)26(37)32-17(13-30)11-16-9-10-31-24(16)35/h15-23H,6-12,14H2,1-5H3,(H,31,35)(H,32,37)(H,33,36). The number of carbonyl (C=O) groups excluding carboxylic acids is 4. The number of nitrogens with zero attached hydrogens (tertiary/aromatic N) is 2. The second-order valence-electron chi connectivity index (χ2n) is 14.1. The number of amides is 4. The summed E-state index contributed by atoms with van der Waals surface area (Å²) in [7, 11) is 0. The summed E-state index contributed by atoms with van der Waals surface area (Å²) in [6, 6.07) is -0.0876. The van der Waals surface area contributed by atoms with E-state index in [1.165, 1.54) is 19.3 Å². The van der Waals surface area contributed by atoms with Crippen LogP contribution in [0.2, 0.25) is 0 Å². The van der Waals surface area contributed by atoms with Crippen molar-refractivity contribution in [3.8, 4) is 6.07 Å². The van der Waals surface area contributed by atoms with Gasteiger partial charge < -0.3 is 20.9 Å². The van der Waals surface area contributed by atoms with Crippen molar-refractivity contribution >= 4 is 23.6 Å². The summed E-state index contributed by atoms with van der Waals surface area (Å²) in [6.07, 6.45) is 5.46. The van der Waals surface area contributed by atoms with E-state index in [-0.39, 0.29) is 59.1 Å². The van der Waals surface area contributed by atoms with E-state index in [0.29, 0.717) is 31.3 Å². The minimum Gasteiger partial charge on any atom is -0.356 e. The molecule has 4 amide bonds. The molecule has 208 valence electrons. The number of hydrogen-bond acceptors (Lipinski definition) is 5. The second kappa shape index (κ2) is 9.53. The minimum absolute atomic E-state index is 0.00308. The predicted molar refractivity (Wildman–Crippen MR) is 140 cm³/mol. The van der Waals surface area contributed by atoms with Crippen LogP contribution in [-0.4, -0.2) is 59.7 Å². The van der Waals surface area contributed by atoms with Crippen LogP contribution in [0.5, 0.6) is 0 Å². The molecule has 2 heterocycles. The van der Waals surface area contributed by atoms with Gasteiger partial charge in [-0.1, -0.05) is 53.9 Å². The molecule has 9 heteroatoms. The fourth-order valence-electron chi connectivity index (χ4n) is 7.34. The van der Waals surface area contributed by atoms with Gasteiger partial charge in [0.1, 0.15) is 18.1 Å². The van der Waals surface area contributed by atoms with Crippen molar-refractivity contribution < 1.29 is 19.2 Å². The van der Waals surface area contributed by atoms with Crippen molar-refractivity contribution in [1.82, 2.24) is 20.9 Å². The van der Waals surface area contributed by atoms with Crippen LogP contribution in [0.3, 0.4) is 0 Å². The maximum absolute atomic E-state index is 14.0. The van der Waals surface area contributed by atoms with Gasteiger partial charge in [0.05, 0.1) is 6.07 Å². The molecule has 8 unspecified atom stereocenters. The van der Waals surface area contributed by atoms with E-state index >= 15 is 0 Å². The third-order valence-corrected chi connectivity index (χ3v) is 10.2. The number of nitrogens with one attached hydrogen (secondary N) is 3. The van der Waals surface area contributed by atoms with Gasteiger partial charge in [0.2, 0.25) is 23.6 Å². The zero-order valence-corrected chi connectivity index (χ0v) is 23.4. The van der Waals surface area contributed by atoms with Gasteiger partial charge in [-0.15, -0.1) is 0 Å². The molecule has 5 aliphatic rings. The molecule has 38 heavy (non-hydrogen) atoms. The molecule has 0 radical (unpaired) electrons. The third kappa shape index (κ3) is 4.80. The average molecular weight is 526 g/mol. The highest BCUT2D eigenvalue weighted by molar-refractivity contribution is 5.95. The van der Waals surface area contributed by atoms with E-state index in [0.717, 1.165) is 6.42 Å². The summed E-state index contributed by atoms with van der Waals surface area (Å²) in [6.45, 7) is 11.1. The topological polar surface area (TPSA) is 131 Å². The first kappa shape index (κ1) is 27.0. The van der Waals surface area contributed by atoms with Crippen LogP contribution in [0.15, 0.2) is 0 Å². The van der Waals surface area contributed by atoms with Crippen LogP contribution in [0, 0.1) is 57.7 Å². The van der Waals surface area contributed by atoms with E-state index in [4.69, 9.17) is 0 Å². The number of likely N-dealkylation sites (tertiary alicyclic amines) is 1. The fourth-order valence-corrected chi connectivity index (χ4v) is 7.34. The van der Waals surface area contributed by atoms with Crippen LogP contribution in [0.4, 0.5) is 0 Å². The van der Waals surface area contributed by atoms with Gasteiger partial charge in [-0.2, -0.15) is 5.26 Å². The molecule has 0 aromatic heterocycles. The Labute approximate surface area is 225 Å². The Bertz CT molecular complexity index is 1050. The number of rotatable bonds is 8. The van der Waals surface area contributed by atoms with Crippen molar-refractivity contribution in [3.05, 3.63) is 0 Å². The summed E-state index contributed by atoms with van der Waals surface area (Å²) >= 11 is 0. The van der Waals surface area contributed by atoms with E-state index < -0.39 is 23.5 Å². The molecule has 9 nitrogen and oxygen atoms in total. The van der Waals surface area contributed by atoms with Gasteiger partial charge in [-0.05, 0) is 53.8 Å². The number of fused-ring (bicyclic) bond motifs is 1. The van der Waals surface area contributed by atoms with Crippen molar-refractivity contribution in [1.29, 1.82) is 5.26 Å². The molecule has 3 N–H and O–H groups in total. The van der Waals surface area contributed by atoms with Crippen molar-refractivity contribution in [2.45, 2.75) is 91.3 Å². The summed E-state index contributed by atoms with van der Waals surface area (Å²) < 4.78 is 0. The van der Waals surface area contributed by atoms with Crippen molar-refractivity contribution in [2.24, 2.45) is 46.3 Å². The Balaban J connectivity index is 1.29. The minimum atomic E-state index is -0.800. The highest BCUT2D eigenvalue weighted by Crippen LogP contribution is 2.65. The van der Waals surface area contributed by atoms with Gasteiger partial charge in [0.15, 0.2) is 0 Å². The van der Waals surface area contributed by atoms with Crippen molar-refractivity contribution in [3.63, 3.8) is 0 Å². The molecule has 3 saturated carbocycles. The van der Waals surface area contributed by atoms with E-state index in [1.807, 2.05) is 20.8 Å². The number of piperidine rings is 1. The van der Waals surface area contributed by atoms with Crippen LogP contribution in [-0.2, 0) is 19.2 Å². The summed E-state index contributed by atoms with van der Waals surface area (Å²) in [5, 5.41) is 18.4. The molecule has 8 atom stereocenters. The number of carbonyl (C=O) groups is 4. The van der Waals surface area contributed by atoms with Gasteiger partial charge in [0, 0.05) is 24.9 Å². The predicted octanol–water partition coefficient (Wildman–Crippen LogP) is 1.97. The first-order valence-electron chi connectivity index (χ1n) is 14.4. The Morgan fingerprint density at radius 1 is 1.16 bits per heavy atom. The zero-order valence-electron chi connectivity index (χ0n) is 23.4. The lowest BCUT2D eigenvalue weighted by molar-refractivity contribution is -0.146. The van der Waals surface area contributed by atoms with Gasteiger partial charge in [-0.3, -0.25) is 19.2 Å².